The van der Waals surface area contributed by atoms with E-state index in [2.05, 4.69) is 39.9 Å². The van der Waals surface area contributed by atoms with E-state index in [0.29, 0.717) is 51.2 Å². The van der Waals surface area contributed by atoms with Crippen molar-refractivity contribution >= 4 is 17.8 Å². The molecule has 0 radical (unpaired) electrons. The van der Waals surface area contributed by atoms with Gasteiger partial charge in [-0.3, -0.25) is 14.6 Å². The first-order valence-corrected chi connectivity index (χ1v) is 15.1. The maximum atomic E-state index is 14.0. The van der Waals surface area contributed by atoms with Crippen molar-refractivity contribution in [2.45, 2.75) is 37.3 Å². The summed E-state index contributed by atoms with van der Waals surface area (Å²) in [4.78, 5) is 33.1. The minimum Gasteiger partial charge on any atom is -0.451 e. The summed E-state index contributed by atoms with van der Waals surface area (Å²) < 4.78 is 5.84. The third-order valence-electron chi connectivity index (χ3n) is 7.94. The van der Waals surface area contributed by atoms with Crippen molar-refractivity contribution < 1.29 is 14.0 Å². The highest BCUT2D eigenvalue weighted by Crippen LogP contribution is 2.27. The molecule has 0 aliphatic carbocycles. The van der Waals surface area contributed by atoms with E-state index in [1.165, 1.54) is 0 Å². The second-order valence-corrected chi connectivity index (χ2v) is 11.1. The molecule has 228 valence electrons. The Hall–Kier alpha value is -4.89. The van der Waals surface area contributed by atoms with Gasteiger partial charge in [0.1, 0.15) is 5.76 Å². The summed E-state index contributed by atoms with van der Waals surface area (Å²) in [5.41, 5.74) is 14.2. The zero-order valence-corrected chi connectivity index (χ0v) is 24.8. The monoisotopic (exact) mass is 592 g/mol. The summed E-state index contributed by atoms with van der Waals surface area (Å²) in [5.74, 6) is 0.694. The summed E-state index contributed by atoms with van der Waals surface area (Å²) in [6.07, 6.45) is 1.89. The Morgan fingerprint density at radius 2 is 1.57 bits per heavy atom. The van der Waals surface area contributed by atoms with Gasteiger partial charge in [0.05, 0.1) is 6.04 Å². The fraction of sp³-hybridized carbons (Fsp3) is 0.286. The molecular formula is C35H40N6O3. The van der Waals surface area contributed by atoms with Crippen LogP contribution in [0.15, 0.2) is 113 Å². The van der Waals surface area contributed by atoms with Gasteiger partial charge >= 0.3 is 0 Å². The van der Waals surface area contributed by atoms with E-state index in [9.17, 15) is 9.59 Å². The minimum absolute atomic E-state index is 0.0256. The van der Waals surface area contributed by atoms with Crippen molar-refractivity contribution in [1.29, 1.82) is 0 Å². The van der Waals surface area contributed by atoms with Crippen molar-refractivity contribution in [1.82, 2.24) is 15.5 Å². The number of hydrogen-bond donors (Lipinski definition) is 4. The summed E-state index contributed by atoms with van der Waals surface area (Å²) >= 11 is 0. The summed E-state index contributed by atoms with van der Waals surface area (Å²) in [7, 11) is 0. The van der Waals surface area contributed by atoms with Crippen LogP contribution in [0.4, 0.5) is 0 Å². The standard InChI is InChI=1S/C35H40N6O3/c36-35(37)38-21-10-17-30-34(43)41(24-29(25-11-4-1-5-12-25)26-13-6-2-7-14-26)22-20-28(40-30)23-39-33(42)32-19-18-31(44-32)27-15-8-3-9-16-27/h1-9,11-16,18-19,28-30,40H,10,17,20-24H2,(H,39,42)(H4,36,37,38)/t28-,30?/m0/s1. The topological polar surface area (TPSA) is 139 Å². The minimum atomic E-state index is -0.436. The quantitative estimate of drug-likeness (QED) is 0.111. The van der Waals surface area contributed by atoms with Gasteiger partial charge in [-0.1, -0.05) is 91.0 Å². The van der Waals surface area contributed by atoms with Gasteiger partial charge in [-0.05, 0) is 42.5 Å². The molecule has 2 heterocycles. The predicted octanol–water partition coefficient (Wildman–Crippen LogP) is 4.12. The highest BCUT2D eigenvalue weighted by Gasteiger charge is 2.32. The average Bonchev–Trinajstić information content (AvgIpc) is 3.51. The molecule has 3 aromatic carbocycles. The Labute approximate surface area is 258 Å². The van der Waals surface area contributed by atoms with Gasteiger partial charge in [-0.25, -0.2) is 0 Å². The lowest BCUT2D eigenvalue weighted by Gasteiger charge is -2.29. The molecule has 0 spiro atoms. The van der Waals surface area contributed by atoms with Crippen LogP contribution in [0.3, 0.4) is 0 Å². The number of hydrogen-bond acceptors (Lipinski definition) is 5. The van der Waals surface area contributed by atoms with E-state index in [1.54, 1.807) is 12.1 Å². The molecule has 1 fully saturated rings. The van der Waals surface area contributed by atoms with Gasteiger partial charge in [0.2, 0.25) is 5.91 Å². The Bertz CT molecular complexity index is 1480. The van der Waals surface area contributed by atoms with E-state index >= 15 is 0 Å². The largest absolute Gasteiger partial charge is 0.451 e. The van der Waals surface area contributed by atoms with Gasteiger partial charge < -0.3 is 31.4 Å². The molecule has 9 heteroatoms. The molecule has 0 bridgehead atoms. The Balaban J connectivity index is 1.29. The molecule has 1 aliphatic heterocycles. The van der Waals surface area contributed by atoms with Crippen molar-refractivity contribution in [3.8, 4) is 11.3 Å². The normalized spacial score (nSPS) is 16.8. The lowest BCUT2D eigenvalue weighted by Crippen LogP contribution is -2.49. The van der Waals surface area contributed by atoms with Crippen LogP contribution < -0.4 is 22.1 Å². The number of furan rings is 1. The average molecular weight is 593 g/mol. The molecule has 5 rings (SSSR count). The van der Waals surface area contributed by atoms with Gasteiger partial charge in [0.15, 0.2) is 11.7 Å². The lowest BCUT2D eigenvalue weighted by molar-refractivity contribution is -0.133. The molecule has 1 aromatic heterocycles. The molecule has 9 nitrogen and oxygen atoms in total. The van der Waals surface area contributed by atoms with Gasteiger partial charge in [0.25, 0.3) is 5.91 Å². The number of amides is 2. The van der Waals surface area contributed by atoms with Crippen LogP contribution >= 0.6 is 0 Å². The highest BCUT2D eigenvalue weighted by molar-refractivity contribution is 5.92. The third kappa shape index (κ3) is 8.14. The molecule has 6 N–H and O–H groups in total. The first kappa shape index (κ1) is 30.6. The van der Waals surface area contributed by atoms with E-state index in [4.69, 9.17) is 15.9 Å². The number of nitrogens with two attached hydrogens (primary N) is 2. The number of benzene rings is 3. The number of aliphatic imine (C=N–C) groups is 1. The number of carbonyl (C=O) groups is 2. The second kappa shape index (κ2) is 15.0. The molecule has 4 aromatic rings. The first-order chi connectivity index (χ1) is 21.5. The maximum Gasteiger partial charge on any atom is 0.287 e. The molecule has 2 amide bonds. The van der Waals surface area contributed by atoms with Crippen molar-refractivity contribution in [2.24, 2.45) is 16.5 Å². The zero-order valence-electron chi connectivity index (χ0n) is 24.8. The van der Waals surface area contributed by atoms with Crippen LogP contribution in [-0.2, 0) is 4.79 Å². The van der Waals surface area contributed by atoms with Gasteiger partial charge in [0, 0.05) is 43.7 Å². The molecule has 1 aliphatic rings. The fourth-order valence-electron chi connectivity index (χ4n) is 5.65. The van der Waals surface area contributed by atoms with E-state index in [1.807, 2.05) is 71.6 Å². The highest BCUT2D eigenvalue weighted by atomic mass is 16.3. The Kier molecular flexibility index (Phi) is 10.4. The van der Waals surface area contributed by atoms with Crippen LogP contribution in [0, 0.1) is 0 Å². The summed E-state index contributed by atoms with van der Waals surface area (Å²) in [6, 6.07) is 33.2. The van der Waals surface area contributed by atoms with E-state index < -0.39 is 6.04 Å². The number of guanidine groups is 1. The molecule has 44 heavy (non-hydrogen) atoms. The molecule has 0 saturated carbocycles. The lowest BCUT2D eigenvalue weighted by atomic mass is 9.90. The zero-order chi connectivity index (χ0) is 30.7. The number of nitrogens with zero attached hydrogens (tertiary/aromatic N) is 2. The van der Waals surface area contributed by atoms with Crippen LogP contribution in [-0.4, -0.2) is 60.9 Å². The summed E-state index contributed by atoms with van der Waals surface area (Å²) in [5, 5.41) is 6.53. The van der Waals surface area contributed by atoms with Gasteiger partial charge in [-0.2, -0.15) is 0 Å². The first-order valence-electron chi connectivity index (χ1n) is 15.1. The van der Waals surface area contributed by atoms with Crippen LogP contribution in [0.2, 0.25) is 0 Å². The molecule has 2 atom stereocenters. The predicted molar refractivity (Wildman–Crippen MR) is 173 cm³/mol. The Morgan fingerprint density at radius 1 is 0.932 bits per heavy atom. The van der Waals surface area contributed by atoms with Crippen LogP contribution in [0.25, 0.3) is 11.3 Å². The maximum absolute atomic E-state index is 14.0. The summed E-state index contributed by atoms with van der Waals surface area (Å²) in [6.45, 7) is 1.90. The van der Waals surface area contributed by atoms with E-state index in [-0.39, 0.29) is 35.5 Å². The number of nitrogens with one attached hydrogen (secondary N) is 2. The van der Waals surface area contributed by atoms with Crippen molar-refractivity contribution in [3.63, 3.8) is 0 Å². The second-order valence-electron chi connectivity index (χ2n) is 11.1. The number of carbonyl (C=O) groups excluding carboxylic acids is 2. The van der Waals surface area contributed by atoms with Gasteiger partial charge in [-0.15, -0.1) is 0 Å². The van der Waals surface area contributed by atoms with Crippen molar-refractivity contribution in [3.05, 3.63) is 120 Å². The van der Waals surface area contributed by atoms with Crippen LogP contribution in [0.5, 0.6) is 0 Å². The van der Waals surface area contributed by atoms with Crippen molar-refractivity contribution in [2.75, 3.05) is 26.2 Å². The molecular weight excluding hydrogens is 552 g/mol. The molecule has 1 saturated heterocycles. The fourth-order valence-corrected chi connectivity index (χ4v) is 5.65. The third-order valence-corrected chi connectivity index (χ3v) is 7.94. The Morgan fingerprint density at radius 3 is 2.20 bits per heavy atom. The SMILES string of the molecule is NC(N)=NCCCC1N[C@H](CNC(=O)c2ccc(-c3ccccc3)o2)CCN(CC(c2ccccc2)c2ccccc2)C1=O. The van der Waals surface area contributed by atoms with E-state index in [0.717, 1.165) is 16.7 Å². The smallest absolute Gasteiger partial charge is 0.287 e. The molecule has 1 unspecified atom stereocenters. The number of rotatable bonds is 12. The van der Waals surface area contributed by atoms with Crippen LogP contribution in [0.1, 0.15) is 46.9 Å².